The number of para-hydroxylation sites is 1. The fourth-order valence-electron chi connectivity index (χ4n) is 3.15. The topological polar surface area (TPSA) is 93.6 Å². The third kappa shape index (κ3) is 2.84. The van der Waals surface area contributed by atoms with E-state index in [-0.39, 0.29) is 5.56 Å². The van der Waals surface area contributed by atoms with Crippen molar-refractivity contribution in [1.29, 1.82) is 0 Å². The first-order valence-electron chi connectivity index (χ1n) is 7.57. The normalized spacial score (nSPS) is 15.8. The minimum Gasteiger partial charge on any atom is -0.550 e. The lowest BCUT2D eigenvalue weighted by Gasteiger charge is -2.34. The van der Waals surface area contributed by atoms with Crippen molar-refractivity contribution >= 4 is 28.5 Å². The van der Waals surface area contributed by atoms with Gasteiger partial charge in [-0.05, 0) is 31.9 Å². The Labute approximate surface area is 133 Å². The number of rotatable bonds is 3. The molecule has 1 saturated heterocycles. The third-order valence-electron chi connectivity index (χ3n) is 4.35. The summed E-state index contributed by atoms with van der Waals surface area (Å²) in [4.78, 5) is 28.9. The van der Waals surface area contributed by atoms with Crippen LogP contribution in [0.5, 0.6) is 0 Å². The van der Waals surface area contributed by atoms with E-state index in [2.05, 4.69) is 9.88 Å². The van der Waals surface area contributed by atoms with E-state index in [0.717, 1.165) is 16.8 Å². The molecule has 6 heteroatoms. The van der Waals surface area contributed by atoms with Crippen LogP contribution < -0.4 is 10.0 Å². The highest BCUT2D eigenvalue weighted by molar-refractivity contribution is 6.05. The Hall–Kier alpha value is -2.63. The molecular formula is C17H17N2O4-. The van der Waals surface area contributed by atoms with E-state index in [0.29, 0.717) is 31.4 Å². The van der Waals surface area contributed by atoms with Gasteiger partial charge in [0.1, 0.15) is 0 Å². The maximum absolute atomic E-state index is 11.4. The van der Waals surface area contributed by atoms with Gasteiger partial charge < -0.3 is 19.9 Å². The summed E-state index contributed by atoms with van der Waals surface area (Å²) in [5.41, 5.74) is 2.30. The number of hydrogen-bond donors (Lipinski definition) is 1. The number of carbonyl (C=O) groups is 2. The molecule has 1 aromatic heterocycles. The second-order valence-electron chi connectivity index (χ2n) is 5.87. The summed E-state index contributed by atoms with van der Waals surface area (Å²) in [6, 6.07) is 7.03. The molecule has 6 nitrogen and oxygen atoms in total. The Morgan fingerprint density at radius 3 is 2.61 bits per heavy atom. The van der Waals surface area contributed by atoms with Crippen LogP contribution >= 0.6 is 0 Å². The fraction of sp³-hybridized carbons (Fsp3) is 0.353. The number of piperidine rings is 1. The van der Waals surface area contributed by atoms with Crippen molar-refractivity contribution in [3.8, 4) is 0 Å². The number of benzene rings is 1. The lowest BCUT2D eigenvalue weighted by molar-refractivity contribution is -0.312. The van der Waals surface area contributed by atoms with Gasteiger partial charge in [0.05, 0.1) is 11.1 Å². The number of hydrogen-bond acceptors (Lipinski definition) is 5. The minimum atomic E-state index is -1.00. The van der Waals surface area contributed by atoms with Crippen LogP contribution in [0.25, 0.3) is 10.9 Å². The quantitative estimate of drug-likeness (QED) is 0.915. The molecule has 1 fully saturated rings. The van der Waals surface area contributed by atoms with Gasteiger partial charge in [-0.15, -0.1) is 0 Å². The SMILES string of the molecule is Cc1cc(N2CCC(C(=O)[O-])CC2)c2cccc(C(=O)O)c2n1. The van der Waals surface area contributed by atoms with Crippen molar-refractivity contribution in [3.05, 3.63) is 35.5 Å². The summed E-state index contributed by atoms with van der Waals surface area (Å²) in [5, 5.41) is 21.1. The highest BCUT2D eigenvalue weighted by Gasteiger charge is 2.22. The predicted octanol–water partition coefficient (Wildman–Crippen LogP) is 1.21. The molecular weight excluding hydrogens is 296 g/mol. The van der Waals surface area contributed by atoms with Crippen molar-refractivity contribution in [1.82, 2.24) is 4.98 Å². The molecule has 1 aliphatic rings. The minimum absolute atomic E-state index is 0.178. The number of pyridine rings is 1. The number of aromatic carboxylic acids is 1. The Bertz CT molecular complexity index is 780. The van der Waals surface area contributed by atoms with Crippen molar-refractivity contribution in [3.63, 3.8) is 0 Å². The van der Waals surface area contributed by atoms with Crippen LogP contribution in [-0.4, -0.2) is 35.1 Å². The molecule has 0 bridgehead atoms. The molecule has 0 unspecified atom stereocenters. The van der Waals surface area contributed by atoms with Crippen LogP contribution in [0.3, 0.4) is 0 Å². The lowest BCUT2D eigenvalue weighted by Crippen LogP contribution is -2.41. The smallest absolute Gasteiger partial charge is 0.337 e. The average Bonchev–Trinajstić information content (AvgIpc) is 2.53. The molecule has 2 heterocycles. The molecule has 23 heavy (non-hydrogen) atoms. The molecule has 1 aromatic carbocycles. The number of fused-ring (bicyclic) bond motifs is 1. The Morgan fingerprint density at radius 2 is 2.00 bits per heavy atom. The molecule has 0 aliphatic carbocycles. The summed E-state index contributed by atoms with van der Waals surface area (Å²) >= 11 is 0. The number of carbonyl (C=O) groups excluding carboxylic acids is 1. The highest BCUT2D eigenvalue weighted by Crippen LogP contribution is 2.31. The standard InChI is InChI=1S/C17H18N2O4/c1-10-9-14(19-7-5-11(6-8-19)16(20)21)12-3-2-4-13(17(22)23)15(12)18-10/h2-4,9,11H,5-8H2,1H3,(H,20,21)(H,22,23)/p-1. The Kier molecular flexibility index (Phi) is 3.90. The van der Waals surface area contributed by atoms with Gasteiger partial charge in [-0.1, -0.05) is 12.1 Å². The number of carboxylic acid groups (broad SMARTS) is 2. The van der Waals surface area contributed by atoms with E-state index in [4.69, 9.17) is 0 Å². The van der Waals surface area contributed by atoms with Crippen LogP contribution in [0.2, 0.25) is 0 Å². The van der Waals surface area contributed by atoms with Gasteiger partial charge in [0, 0.05) is 41.7 Å². The monoisotopic (exact) mass is 313 g/mol. The number of anilines is 1. The molecule has 0 radical (unpaired) electrons. The van der Waals surface area contributed by atoms with Gasteiger partial charge >= 0.3 is 5.97 Å². The van der Waals surface area contributed by atoms with Gasteiger partial charge in [-0.2, -0.15) is 0 Å². The highest BCUT2D eigenvalue weighted by atomic mass is 16.4. The zero-order chi connectivity index (χ0) is 16.6. The predicted molar refractivity (Wildman–Crippen MR) is 83.4 cm³/mol. The average molecular weight is 313 g/mol. The van der Waals surface area contributed by atoms with Gasteiger partial charge in [-0.3, -0.25) is 4.98 Å². The zero-order valence-corrected chi connectivity index (χ0v) is 12.8. The maximum atomic E-state index is 11.4. The van der Waals surface area contributed by atoms with Crippen LogP contribution in [-0.2, 0) is 4.79 Å². The molecule has 120 valence electrons. The maximum Gasteiger partial charge on any atom is 0.337 e. The largest absolute Gasteiger partial charge is 0.550 e. The summed E-state index contributed by atoms with van der Waals surface area (Å²) in [6.07, 6.45) is 1.06. The van der Waals surface area contributed by atoms with Gasteiger partial charge in [0.15, 0.2) is 0 Å². The van der Waals surface area contributed by atoms with Gasteiger partial charge in [-0.25, -0.2) is 4.79 Å². The Balaban J connectivity index is 2.03. The fourth-order valence-corrected chi connectivity index (χ4v) is 3.15. The van der Waals surface area contributed by atoms with Crippen LogP contribution in [0.4, 0.5) is 5.69 Å². The van der Waals surface area contributed by atoms with E-state index in [1.807, 2.05) is 19.1 Å². The first-order chi connectivity index (χ1) is 11.0. The van der Waals surface area contributed by atoms with Crippen molar-refractivity contribution in [2.75, 3.05) is 18.0 Å². The molecule has 1 N–H and O–H groups in total. The molecule has 0 amide bonds. The summed E-state index contributed by atoms with van der Waals surface area (Å²) < 4.78 is 0. The van der Waals surface area contributed by atoms with Crippen LogP contribution in [0, 0.1) is 12.8 Å². The van der Waals surface area contributed by atoms with E-state index < -0.39 is 17.9 Å². The molecule has 2 aromatic rings. The molecule has 0 spiro atoms. The van der Waals surface area contributed by atoms with E-state index in [1.165, 1.54) is 0 Å². The third-order valence-corrected chi connectivity index (χ3v) is 4.35. The molecule has 0 atom stereocenters. The van der Waals surface area contributed by atoms with E-state index >= 15 is 0 Å². The lowest BCUT2D eigenvalue weighted by atomic mass is 9.96. The molecule has 1 aliphatic heterocycles. The summed E-state index contributed by atoms with van der Waals surface area (Å²) in [6.45, 7) is 3.04. The first-order valence-corrected chi connectivity index (χ1v) is 7.57. The first kappa shape index (κ1) is 15.3. The molecule has 3 rings (SSSR count). The molecule has 0 saturated carbocycles. The van der Waals surface area contributed by atoms with E-state index in [1.54, 1.807) is 12.1 Å². The second kappa shape index (κ2) is 5.87. The van der Waals surface area contributed by atoms with Crippen LogP contribution in [0.15, 0.2) is 24.3 Å². The summed E-state index contributed by atoms with van der Waals surface area (Å²) in [5.74, 6) is -2.40. The number of nitrogens with zero attached hydrogens (tertiary/aromatic N) is 2. The summed E-state index contributed by atoms with van der Waals surface area (Å²) in [7, 11) is 0. The number of aliphatic carboxylic acids is 1. The van der Waals surface area contributed by atoms with Gasteiger partial charge in [0.25, 0.3) is 0 Å². The number of aromatic nitrogens is 1. The number of aryl methyl sites for hydroxylation is 1. The van der Waals surface area contributed by atoms with Crippen molar-refractivity contribution < 1.29 is 19.8 Å². The van der Waals surface area contributed by atoms with Crippen molar-refractivity contribution in [2.24, 2.45) is 5.92 Å². The van der Waals surface area contributed by atoms with Crippen LogP contribution in [0.1, 0.15) is 28.9 Å². The number of carboxylic acids is 2. The second-order valence-corrected chi connectivity index (χ2v) is 5.87. The van der Waals surface area contributed by atoms with E-state index in [9.17, 15) is 19.8 Å². The van der Waals surface area contributed by atoms with Crippen molar-refractivity contribution in [2.45, 2.75) is 19.8 Å². The zero-order valence-electron chi connectivity index (χ0n) is 12.8. The Morgan fingerprint density at radius 1 is 1.30 bits per heavy atom. The van der Waals surface area contributed by atoms with Gasteiger partial charge in [0.2, 0.25) is 0 Å².